The lowest BCUT2D eigenvalue weighted by Gasteiger charge is -2.12. The van der Waals surface area contributed by atoms with Gasteiger partial charge in [-0.05, 0) is 51.8 Å². The third-order valence-electron chi connectivity index (χ3n) is 6.05. The second-order valence-corrected chi connectivity index (χ2v) is 7.75. The topological polar surface area (TPSA) is 83.3 Å². The van der Waals surface area contributed by atoms with Crippen LogP contribution in [0.1, 0.15) is 43.8 Å². The minimum atomic E-state index is -0.851. The highest BCUT2D eigenvalue weighted by atomic mass is 16.2. The molecule has 0 radical (unpaired) electrons. The fourth-order valence-electron chi connectivity index (χ4n) is 3.93. The molecule has 0 bridgehead atoms. The number of fused-ring (bicyclic) bond motifs is 3. The quantitative estimate of drug-likeness (QED) is 0.520. The predicted octanol–water partition coefficient (Wildman–Crippen LogP) is 2.47. The Kier molecular flexibility index (Phi) is 4.52. The average Bonchev–Trinajstić information content (AvgIpc) is 3.22. The Morgan fingerprint density at radius 3 is 2.30 bits per heavy atom. The molecule has 156 valence electrons. The van der Waals surface area contributed by atoms with Crippen molar-refractivity contribution < 1.29 is 4.79 Å². The van der Waals surface area contributed by atoms with Crippen molar-refractivity contribution >= 4 is 22.7 Å². The predicted molar refractivity (Wildman–Crippen MR) is 116 cm³/mol. The monoisotopic (exact) mass is 407 g/mol. The molecule has 0 fully saturated rings. The van der Waals surface area contributed by atoms with E-state index in [-0.39, 0.29) is 5.78 Å². The van der Waals surface area contributed by atoms with Crippen LogP contribution in [-0.2, 0) is 18.3 Å². The molecule has 0 amide bonds. The van der Waals surface area contributed by atoms with Crippen molar-refractivity contribution in [2.75, 3.05) is 0 Å². The molecule has 0 aliphatic carbocycles. The molecule has 1 atom stereocenters. The number of imidazole rings is 2. The lowest BCUT2D eigenvalue weighted by molar-refractivity contribution is -0.119. The van der Waals surface area contributed by atoms with E-state index in [0.29, 0.717) is 16.9 Å². The first-order valence-electron chi connectivity index (χ1n) is 10.00. The summed E-state index contributed by atoms with van der Waals surface area (Å²) >= 11 is 0. The standard InChI is InChI=1S/C22H25N5O3/c1-7-16-8-10-17(11-9-16)25-12(2)13(3)26-18-19(23-21(25)26)24(6)22(30)27(20(18)29)14(4)15(5)28/h8-11,14H,7H2,1-6H3. The summed E-state index contributed by atoms with van der Waals surface area (Å²) in [6.45, 7) is 8.94. The second-order valence-electron chi connectivity index (χ2n) is 7.75. The van der Waals surface area contributed by atoms with Crippen LogP contribution in [0.3, 0.4) is 0 Å². The number of aromatic nitrogens is 5. The Labute approximate surface area is 173 Å². The molecule has 8 nitrogen and oxygen atoms in total. The Morgan fingerprint density at radius 1 is 1.10 bits per heavy atom. The zero-order chi connectivity index (χ0) is 21.9. The normalized spacial score (nSPS) is 12.7. The first-order valence-corrected chi connectivity index (χ1v) is 10.00. The molecule has 0 aliphatic rings. The molecule has 0 saturated heterocycles. The van der Waals surface area contributed by atoms with Gasteiger partial charge >= 0.3 is 5.69 Å². The number of Topliss-reactive ketones (excluding diaryl/α,β-unsaturated/α-hetero) is 1. The van der Waals surface area contributed by atoms with E-state index in [0.717, 1.165) is 28.1 Å². The zero-order valence-electron chi connectivity index (χ0n) is 18.1. The van der Waals surface area contributed by atoms with Crippen LogP contribution in [0.25, 0.3) is 22.6 Å². The number of hydrogen-bond donors (Lipinski definition) is 0. The van der Waals surface area contributed by atoms with Gasteiger partial charge in [-0.15, -0.1) is 0 Å². The maximum absolute atomic E-state index is 13.3. The highest BCUT2D eigenvalue weighted by molar-refractivity contribution is 5.81. The van der Waals surface area contributed by atoms with Crippen LogP contribution >= 0.6 is 0 Å². The van der Waals surface area contributed by atoms with Gasteiger partial charge < -0.3 is 0 Å². The summed E-state index contributed by atoms with van der Waals surface area (Å²) in [6, 6.07) is 7.34. The number of hydrogen-bond acceptors (Lipinski definition) is 4. The highest BCUT2D eigenvalue weighted by Crippen LogP contribution is 2.25. The van der Waals surface area contributed by atoms with Crippen molar-refractivity contribution in [3.05, 3.63) is 62.1 Å². The molecule has 8 heteroatoms. The van der Waals surface area contributed by atoms with Gasteiger partial charge in [-0.3, -0.25) is 23.1 Å². The second kappa shape index (κ2) is 6.83. The van der Waals surface area contributed by atoms with Crippen molar-refractivity contribution in [1.82, 2.24) is 23.1 Å². The fraction of sp³-hybridized carbons (Fsp3) is 0.364. The van der Waals surface area contributed by atoms with Gasteiger partial charge in [0.15, 0.2) is 16.9 Å². The molecule has 4 aromatic rings. The van der Waals surface area contributed by atoms with E-state index in [9.17, 15) is 14.4 Å². The van der Waals surface area contributed by atoms with Crippen LogP contribution in [0, 0.1) is 13.8 Å². The van der Waals surface area contributed by atoms with E-state index in [1.165, 1.54) is 17.1 Å². The van der Waals surface area contributed by atoms with Gasteiger partial charge in [0.05, 0.1) is 6.04 Å². The first kappa shape index (κ1) is 19.9. The number of carbonyl (C=O) groups is 1. The average molecular weight is 407 g/mol. The molecule has 1 unspecified atom stereocenters. The maximum Gasteiger partial charge on any atom is 0.333 e. The Hall–Kier alpha value is -3.42. The summed E-state index contributed by atoms with van der Waals surface area (Å²) in [5.41, 5.74) is 3.49. The SMILES string of the molecule is CCc1ccc(-n2c(C)c(C)n3c4c(=O)n(C(C)C(C)=O)c(=O)n(C)c4nc23)cc1. The maximum atomic E-state index is 13.3. The molecule has 0 spiro atoms. The first-order chi connectivity index (χ1) is 14.2. The lowest BCUT2D eigenvalue weighted by Crippen LogP contribution is -2.42. The van der Waals surface area contributed by atoms with E-state index in [1.807, 2.05) is 30.5 Å². The summed E-state index contributed by atoms with van der Waals surface area (Å²) in [5, 5.41) is 0. The molecule has 0 saturated carbocycles. The third kappa shape index (κ3) is 2.59. The Balaban J connectivity index is 2.15. The van der Waals surface area contributed by atoms with Crippen molar-refractivity contribution in [1.29, 1.82) is 0 Å². The van der Waals surface area contributed by atoms with Crippen LogP contribution in [0.2, 0.25) is 0 Å². The highest BCUT2D eigenvalue weighted by Gasteiger charge is 2.25. The van der Waals surface area contributed by atoms with Crippen molar-refractivity contribution in [2.45, 2.75) is 47.1 Å². The molecular weight excluding hydrogens is 382 g/mol. The van der Waals surface area contributed by atoms with Crippen LogP contribution in [0.5, 0.6) is 0 Å². The number of rotatable bonds is 4. The van der Waals surface area contributed by atoms with Gasteiger partial charge in [0, 0.05) is 24.1 Å². The molecule has 4 rings (SSSR count). The summed E-state index contributed by atoms with van der Waals surface area (Å²) < 4.78 is 6.12. The smallest absolute Gasteiger partial charge is 0.298 e. The number of benzene rings is 1. The van der Waals surface area contributed by atoms with Gasteiger partial charge in [-0.2, -0.15) is 4.98 Å². The van der Waals surface area contributed by atoms with Crippen LogP contribution in [-0.4, -0.2) is 28.9 Å². The van der Waals surface area contributed by atoms with Crippen molar-refractivity contribution in [3.63, 3.8) is 0 Å². The molecular formula is C22H25N5O3. The Bertz CT molecular complexity index is 1430. The van der Waals surface area contributed by atoms with Gasteiger partial charge in [0.1, 0.15) is 0 Å². The number of nitrogens with zero attached hydrogens (tertiary/aromatic N) is 5. The third-order valence-corrected chi connectivity index (χ3v) is 6.05. The largest absolute Gasteiger partial charge is 0.333 e. The van der Waals surface area contributed by atoms with Crippen LogP contribution < -0.4 is 11.2 Å². The molecule has 3 aromatic heterocycles. The number of ketones is 1. The minimum absolute atomic E-state index is 0.254. The van der Waals surface area contributed by atoms with E-state index in [1.54, 1.807) is 18.4 Å². The summed E-state index contributed by atoms with van der Waals surface area (Å²) in [5.74, 6) is 0.306. The number of carbonyl (C=O) groups excluding carboxylic acids is 1. The number of aryl methyl sites for hydroxylation is 3. The summed E-state index contributed by atoms with van der Waals surface area (Å²) in [4.78, 5) is 42.8. The molecule has 1 aromatic carbocycles. The molecule has 30 heavy (non-hydrogen) atoms. The van der Waals surface area contributed by atoms with Crippen LogP contribution in [0.15, 0.2) is 33.9 Å². The molecule has 3 heterocycles. The van der Waals surface area contributed by atoms with Crippen LogP contribution in [0.4, 0.5) is 0 Å². The van der Waals surface area contributed by atoms with Gasteiger partial charge in [0.2, 0.25) is 5.78 Å². The minimum Gasteiger partial charge on any atom is -0.298 e. The Morgan fingerprint density at radius 2 is 1.73 bits per heavy atom. The lowest BCUT2D eigenvalue weighted by atomic mass is 10.1. The summed E-state index contributed by atoms with van der Waals surface area (Å²) in [7, 11) is 1.57. The van der Waals surface area contributed by atoms with E-state index >= 15 is 0 Å². The van der Waals surface area contributed by atoms with Gasteiger partial charge in [-0.1, -0.05) is 19.1 Å². The van der Waals surface area contributed by atoms with Gasteiger partial charge in [0.25, 0.3) is 5.56 Å². The molecule has 0 N–H and O–H groups in total. The van der Waals surface area contributed by atoms with E-state index in [2.05, 4.69) is 24.0 Å². The van der Waals surface area contributed by atoms with E-state index < -0.39 is 17.3 Å². The van der Waals surface area contributed by atoms with Crippen molar-refractivity contribution in [2.24, 2.45) is 7.05 Å². The van der Waals surface area contributed by atoms with E-state index in [4.69, 9.17) is 0 Å². The summed E-state index contributed by atoms with van der Waals surface area (Å²) in [6.07, 6.45) is 0.947. The van der Waals surface area contributed by atoms with Gasteiger partial charge in [-0.25, -0.2) is 9.36 Å². The molecule has 0 aliphatic heterocycles. The zero-order valence-corrected chi connectivity index (χ0v) is 18.1. The fourth-order valence-corrected chi connectivity index (χ4v) is 3.93. The van der Waals surface area contributed by atoms with Crippen molar-refractivity contribution in [3.8, 4) is 5.69 Å².